The number of amides is 1. The highest BCUT2D eigenvalue weighted by atomic mass is 79.9. The van der Waals surface area contributed by atoms with Crippen molar-refractivity contribution in [3.63, 3.8) is 0 Å². The molecule has 1 saturated heterocycles. The van der Waals surface area contributed by atoms with E-state index < -0.39 is 0 Å². The van der Waals surface area contributed by atoms with Crippen LogP contribution in [0.1, 0.15) is 11.1 Å². The first-order chi connectivity index (χ1) is 11.9. The number of para-hydroxylation sites is 1. The van der Waals surface area contributed by atoms with E-state index in [0.717, 1.165) is 11.3 Å². The van der Waals surface area contributed by atoms with Crippen LogP contribution in [0.4, 0.5) is 5.69 Å². The van der Waals surface area contributed by atoms with Crippen LogP contribution in [0.25, 0.3) is 6.08 Å². The molecule has 0 atom stereocenters. The average molecular weight is 484 g/mol. The van der Waals surface area contributed by atoms with Gasteiger partial charge in [-0.2, -0.15) is 0 Å². The fourth-order valence-electron chi connectivity index (χ4n) is 2.15. The lowest BCUT2D eigenvalue weighted by Crippen LogP contribution is -2.19. The second-order valence-corrected chi connectivity index (χ2v) is 7.91. The smallest absolute Gasteiger partial charge is 0.264 e. The van der Waals surface area contributed by atoms with E-state index in [9.17, 15) is 15.0 Å². The highest BCUT2D eigenvalue weighted by molar-refractivity contribution is 9.11. The number of aryl methyl sites for hydroxylation is 1. The minimum atomic E-state index is -0.294. The molecule has 1 aliphatic heterocycles. The van der Waals surface area contributed by atoms with Crippen LogP contribution in [-0.2, 0) is 4.79 Å². The highest BCUT2D eigenvalue weighted by Gasteiger charge is 2.25. The Labute approximate surface area is 165 Å². The SMILES string of the molecule is Cc1ccccc1N=C1NC(=O)/C(=C/c2cc(Br)c(O)c(Br)c2O)S1. The number of nitrogens with zero attached hydrogens (tertiary/aromatic N) is 1. The molecule has 128 valence electrons. The molecule has 1 amide bonds. The summed E-state index contributed by atoms with van der Waals surface area (Å²) in [5.74, 6) is -0.548. The summed E-state index contributed by atoms with van der Waals surface area (Å²) in [5, 5.41) is 23.1. The Morgan fingerprint density at radius 1 is 1.20 bits per heavy atom. The van der Waals surface area contributed by atoms with Crippen LogP contribution < -0.4 is 5.32 Å². The summed E-state index contributed by atoms with van der Waals surface area (Å²) in [5.41, 5.74) is 2.18. The van der Waals surface area contributed by atoms with Gasteiger partial charge < -0.3 is 15.5 Å². The number of halogens is 2. The van der Waals surface area contributed by atoms with Crippen molar-refractivity contribution in [1.82, 2.24) is 5.32 Å². The van der Waals surface area contributed by atoms with Crippen LogP contribution >= 0.6 is 43.6 Å². The van der Waals surface area contributed by atoms with E-state index in [4.69, 9.17) is 0 Å². The summed E-state index contributed by atoms with van der Waals surface area (Å²) in [4.78, 5) is 17.0. The number of hydrogen-bond donors (Lipinski definition) is 3. The second kappa shape index (κ2) is 7.23. The molecule has 2 aromatic rings. The maximum absolute atomic E-state index is 12.2. The van der Waals surface area contributed by atoms with Crippen molar-refractivity contribution in [3.8, 4) is 11.5 Å². The number of carbonyl (C=O) groups excluding carboxylic acids is 1. The molecule has 0 aliphatic carbocycles. The van der Waals surface area contributed by atoms with E-state index >= 15 is 0 Å². The van der Waals surface area contributed by atoms with Crippen molar-refractivity contribution < 1.29 is 15.0 Å². The molecule has 0 bridgehead atoms. The van der Waals surface area contributed by atoms with Gasteiger partial charge in [0.25, 0.3) is 5.91 Å². The zero-order valence-electron chi connectivity index (χ0n) is 12.9. The van der Waals surface area contributed by atoms with E-state index in [1.54, 1.807) is 6.08 Å². The largest absolute Gasteiger partial charge is 0.506 e. The Hall–Kier alpha value is -1.77. The number of thioether (sulfide) groups is 1. The number of nitrogens with one attached hydrogen (secondary N) is 1. The third kappa shape index (κ3) is 3.75. The summed E-state index contributed by atoms with van der Waals surface area (Å²) in [7, 11) is 0. The number of amidine groups is 1. The number of rotatable bonds is 2. The first-order valence-corrected chi connectivity index (χ1v) is 9.52. The van der Waals surface area contributed by atoms with Gasteiger partial charge in [-0.1, -0.05) is 18.2 Å². The predicted octanol–water partition coefficient (Wildman–Crippen LogP) is 4.82. The van der Waals surface area contributed by atoms with E-state index in [0.29, 0.717) is 20.1 Å². The molecule has 0 aromatic heterocycles. The van der Waals surface area contributed by atoms with Gasteiger partial charge in [-0.15, -0.1) is 0 Å². The third-order valence-corrected chi connectivity index (χ3v) is 5.74. The fourth-order valence-corrected chi connectivity index (χ4v) is 4.13. The molecule has 0 radical (unpaired) electrons. The summed E-state index contributed by atoms with van der Waals surface area (Å²) in [6, 6.07) is 9.16. The zero-order chi connectivity index (χ0) is 18.1. The summed E-state index contributed by atoms with van der Waals surface area (Å²) in [6.45, 7) is 1.95. The maximum Gasteiger partial charge on any atom is 0.264 e. The average Bonchev–Trinajstić information content (AvgIpc) is 2.92. The molecule has 1 fully saturated rings. The van der Waals surface area contributed by atoms with E-state index in [1.807, 2.05) is 31.2 Å². The third-order valence-electron chi connectivity index (χ3n) is 3.47. The van der Waals surface area contributed by atoms with Crippen molar-refractivity contribution in [1.29, 1.82) is 0 Å². The Kier molecular flexibility index (Phi) is 5.21. The molecule has 3 rings (SSSR count). The van der Waals surface area contributed by atoms with E-state index in [-0.39, 0.29) is 21.9 Å². The van der Waals surface area contributed by atoms with Gasteiger partial charge in [-0.05, 0) is 74.3 Å². The van der Waals surface area contributed by atoms with Crippen molar-refractivity contribution in [2.75, 3.05) is 0 Å². The molecule has 2 aromatic carbocycles. The molecule has 1 aliphatic rings. The molecule has 0 saturated carbocycles. The molecule has 1 heterocycles. The van der Waals surface area contributed by atoms with Crippen molar-refractivity contribution in [2.24, 2.45) is 4.99 Å². The molecular weight excluding hydrogens is 472 g/mol. The summed E-state index contributed by atoms with van der Waals surface area (Å²) >= 11 is 7.52. The number of hydrogen-bond acceptors (Lipinski definition) is 5. The Balaban J connectivity index is 1.94. The summed E-state index contributed by atoms with van der Waals surface area (Å²) < 4.78 is 0.562. The van der Waals surface area contributed by atoms with Gasteiger partial charge in [0.15, 0.2) is 5.17 Å². The maximum atomic E-state index is 12.2. The lowest BCUT2D eigenvalue weighted by molar-refractivity contribution is -0.115. The number of aromatic hydroxyl groups is 2. The van der Waals surface area contributed by atoms with Crippen LogP contribution in [0.2, 0.25) is 0 Å². The van der Waals surface area contributed by atoms with E-state index in [1.165, 1.54) is 17.8 Å². The first-order valence-electron chi connectivity index (χ1n) is 7.12. The molecule has 0 unspecified atom stereocenters. The summed E-state index contributed by atoms with van der Waals surface area (Å²) in [6.07, 6.45) is 1.55. The Morgan fingerprint density at radius 2 is 1.92 bits per heavy atom. The van der Waals surface area contributed by atoms with Gasteiger partial charge in [0.2, 0.25) is 0 Å². The normalized spacial score (nSPS) is 17.3. The van der Waals surface area contributed by atoms with Gasteiger partial charge in [0, 0.05) is 5.56 Å². The highest BCUT2D eigenvalue weighted by Crippen LogP contribution is 2.42. The molecular formula is C17H12Br2N2O3S. The molecule has 25 heavy (non-hydrogen) atoms. The van der Waals surface area contributed by atoms with Crippen LogP contribution in [0.15, 0.2) is 49.2 Å². The number of carbonyl (C=O) groups is 1. The van der Waals surface area contributed by atoms with Gasteiger partial charge in [-0.25, -0.2) is 4.99 Å². The number of phenolic OH excluding ortho intramolecular Hbond substituents is 2. The molecule has 5 nitrogen and oxygen atoms in total. The topological polar surface area (TPSA) is 81.9 Å². The first kappa shape index (κ1) is 18.0. The van der Waals surface area contributed by atoms with Crippen LogP contribution in [0.3, 0.4) is 0 Å². The van der Waals surface area contributed by atoms with Crippen LogP contribution in [0, 0.1) is 6.92 Å². The lowest BCUT2D eigenvalue weighted by Gasteiger charge is -2.07. The number of phenols is 2. The molecule has 0 spiro atoms. The van der Waals surface area contributed by atoms with Gasteiger partial charge in [-0.3, -0.25) is 4.79 Å². The van der Waals surface area contributed by atoms with Crippen molar-refractivity contribution >= 4 is 66.5 Å². The zero-order valence-corrected chi connectivity index (χ0v) is 16.9. The Bertz CT molecular complexity index is 942. The quantitative estimate of drug-likeness (QED) is 0.534. The Morgan fingerprint density at radius 3 is 2.64 bits per heavy atom. The fraction of sp³-hybridized carbons (Fsp3) is 0.0588. The molecule has 3 N–H and O–H groups in total. The van der Waals surface area contributed by atoms with Gasteiger partial charge in [0.05, 0.1) is 15.1 Å². The lowest BCUT2D eigenvalue weighted by atomic mass is 10.1. The van der Waals surface area contributed by atoms with Gasteiger partial charge in [0.1, 0.15) is 16.0 Å². The second-order valence-electron chi connectivity index (χ2n) is 5.23. The minimum absolute atomic E-state index is 0.106. The predicted molar refractivity (Wildman–Crippen MR) is 107 cm³/mol. The molecule has 8 heteroatoms. The number of aliphatic imine (C=N–C) groups is 1. The van der Waals surface area contributed by atoms with E-state index in [2.05, 4.69) is 42.2 Å². The minimum Gasteiger partial charge on any atom is -0.506 e. The van der Waals surface area contributed by atoms with Crippen molar-refractivity contribution in [2.45, 2.75) is 6.92 Å². The standard InChI is InChI=1S/C17H12Br2N2O3S/c1-8-4-2-3-5-11(8)20-17-21-16(24)12(25-17)7-9-6-10(18)15(23)13(19)14(9)22/h2-7,22-23H,1H3,(H,20,21,24)/b12-7-. The van der Waals surface area contributed by atoms with Crippen LogP contribution in [0.5, 0.6) is 11.5 Å². The van der Waals surface area contributed by atoms with Crippen molar-refractivity contribution in [3.05, 3.63) is 55.3 Å². The van der Waals surface area contributed by atoms with Crippen LogP contribution in [-0.4, -0.2) is 21.3 Å². The monoisotopic (exact) mass is 482 g/mol. The van der Waals surface area contributed by atoms with Gasteiger partial charge >= 0.3 is 0 Å². The number of benzene rings is 2.